The van der Waals surface area contributed by atoms with Crippen LogP contribution in [-0.4, -0.2) is 27.8 Å². The van der Waals surface area contributed by atoms with Gasteiger partial charge in [0.05, 0.1) is 29.1 Å². The molecule has 4 rings (SSSR count). The normalized spacial score (nSPS) is 18.1. The third-order valence-corrected chi connectivity index (χ3v) is 7.73. The summed E-state index contributed by atoms with van der Waals surface area (Å²) >= 11 is 0. The van der Waals surface area contributed by atoms with Crippen LogP contribution < -0.4 is 16.6 Å². The number of carbonyl (C=O) groups excluding carboxylic acids is 1. The molecule has 35 heavy (non-hydrogen) atoms. The van der Waals surface area contributed by atoms with Gasteiger partial charge in [0.25, 0.3) is 5.56 Å². The van der Waals surface area contributed by atoms with Crippen LogP contribution in [0.3, 0.4) is 0 Å². The van der Waals surface area contributed by atoms with Gasteiger partial charge in [0.15, 0.2) is 0 Å². The molecule has 1 N–H and O–H groups in total. The highest BCUT2D eigenvalue weighted by molar-refractivity contribution is 5.82. The Balaban J connectivity index is 1.75. The molecular formula is C27H38FN3O4. The number of aromatic nitrogens is 2. The Morgan fingerprint density at radius 3 is 2.43 bits per heavy atom. The molecule has 0 radical (unpaired) electrons. The van der Waals surface area contributed by atoms with Crippen molar-refractivity contribution in [3.8, 4) is 0 Å². The van der Waals surface area contributed by atoms with Crippen molar-refractivity contribution in [2.45, 2.75) is 103 Å². The van der Waals surface area contributed by atoms with Crippen LogP contribution in [0.25, 0.3) is 10.9 Å². The molecule has 2 aromatic rings. The van der Waals surface area contributed by atoms with Gasteiger partial charge in [-0.15, -0.1) is 0 Å². The predicted molar refractivity (Wildman–Crippen MR) is 135 cm³/mol. The third kappa shape index (κ3) is 5.46. The number of benzene rings is 1. The lowest BCUT2D eigenvalue weighted by Crippen LogP contribution is -2.42. The highest BCUT2D eigenvalue weighted by atomic mass is 19.1. The average molecular weight is 488 g/mol. The Labute approximate surface area is 205 Å². The number of fused-ring (bicyclic) bond motifs is 1. The Kier molecular flexibility index (Phi) is 8.29. The van der Waals surface area contributed by atoms with Crippen LogP contribution in [0.1, 0.15) is 90.5 Å². The fraction of sp³-hybridized carbons (Fsp3) is 0.667. The van der Waals surface area contributed by atoms with Gasteiger partial charge in [0.1, 0.15) is 5.82 Å². The van der Waals surface area contributed by atoms with Gasteiger partial charge in [-0.05, 0) is 57.6 Å². The summed E-state index contributed by atoms with van der Waals surface area (Å²) in [5.41, 5.74) is -0.00856. The van der Waals surface area contributed by atoms with Crippen LogP contribution in [0.15, 0.2) is 21.7 Å². The molecule has 1 aromatic carbocycles. The minimum Gasteiger partial charge on any atom is -0.466 e. The molecule has 2 fully saturated rings. The number of esters is 1. The molecule has 0 aliphatic heterocycles. The van der Waals surface area contributed by atoms with Crippen molar-refractivity contribution in [1.29, 1.82) is 0 Å². The van der Waals surface area contributed by atoms with Crippen molar-refractivity contribution in [2.75, 3.05) is 11.9 Å². The van der Waals surface area contributed by atoms with Gasteiger partial charge < -0.3 is 10.1 Å². The molecule has 192 valence electrons. The molecule has 0 saturated heterocycles. The number of ether oxygens (including phenoxy) is 1. The van der Waals surface area contributed by atoms with Gasteiger partial charge in [-0.3, -0.25) is 18.7 Å². The lowest BCUT2D eigenvalue weighted by atomic mass is 9.95. The first kappa shape index (κ1) is 25.5. The van der Waals surface area contributed by atoms with E-state index >= 15 is 4.39 Å². The summed E-state index contributed by atoms with van der Waals surface area (Å²) < 4.78 is 23.2. The van der Waals surface area contributed by atoms with E-state index in [0.29, 0.717) is 24.0 Å². The number of halogens is 1. The maximum absolute atomic E-state index is 15.2. The lowest BCUT2D eigenvalue weighted by Gasteiger charge is -2.25. The van der Waals surface area contributed by atoms with Crippen molar-refractivity contribution in [3.63, 3.8) is 0 Å². The SMILES string of the molecule is CCOC(=O)C(CC)CCn1c(=O)c2cc(F)c(NC3CCCCC3)cc2n(C2CCCC2)c1=O. The fourth-order valence-electron chi connectivity index (χ4n) is 5.72. The zero-order chi connectivity index (χ0) is 24.9. The van der Waals surface area contributed by atoms with E-state index in [0.717, 1.165) is 51.4 Å². The molecule has 2 aliphatic rings. The number of anilines is 1. The molecule has 1 heterocycles. The van der Waals surface area contributed by atoms with Crippen LogP contribution in [0, 0.1) is 11.7 Å². The first-order valence-corrected chi connectivity index (χ1v) is 13.4. The number of hydrogen-bond donors (Lipinski definition) is 1. The molecule has 1 atom stereocenters. The summed E-state index contributed by atoms with van der Waals surface area (Å²) in [4.78, 5) is 39.3. The summed E-state index contributed by atoms with van der Waals surface area (Å²) in [5, 5.41) is 3.55. The number of carbonyl (C=O) groups is 1. The number of nitrogens with one attached hydrogen (secondary N) is 1. The largest absolute Gasteiger partial charge is 0.466 e. The average Bonchev–Trinajstić information content (AvgIpc) is 3.38. The quantitative estimate of drug-likeness (QED) is 0.495. The van der Waals surface area contributed by atoms with E-state index in [4.69, 9.17) is 4.74 Å². The van der Waals surface area contributed by atoms with Crippen molar-refractivity contribution >= 4 is 22.6 Å². The minimum absolute atomic E-state index is 0.0168. The second kappa shape index (κ2) is 11.4. The van der Waals surface area contributed by atoms with Gasteiger partial charge in [-0.1, -0.05) is 39.0 Å². The summed E-state index contributed by atoms with van der Waals surface area (Å²) in [6, 6.07) is 3.14. The topological polar surface area (TPSA) is 82.3 Å². The predicted octanol–water partition coefficient (Wildman–Crippen LogP) is 5.14. The third-order valence-electron chi connectivity index (χ3n) is 7.73. The first-order chi connectivity index (χ1) is 16.9. The summed E-state index contributed by atoms with van der Waals surface area (Å²) in [7, 11) is 0. The molecule has 0 bridgehead atoms. The summed E-state index contributed by atoms with van der Waals surface area (Å²) in [6.45, 7) is 4.03. The Bertz CT molecular complexity index is 1160. The molecule has 1 aromatic heterocycles. The van der Waals surface area contributed by atoms with Crippen LogP contribution in [0.4, 0.5) is 10.1 Å². The molecule has 2 saturated carbocycles. The van der Waals surface area contributed by atoms with Gasteiger partial charge in [0.2, 0.25) is 0 Å². The van der Waals surface area contributed by atoms with Crippen molar-refractivity contribution < 1.29 is 13.9 Å². The van der Waals surface area contributed by atoms with Crippen molar-refractivity contribution in [2.24, 2.45) is 5.92 Å². The summed E-state index contributed by atoms with van der Waals surface area (Å²) in [6.07, 6.45) is 10.1. The molecular weight excluding hydrogens is 449 g/mol. The van der Waals surface area contributed by atoms with Crippen molar-refractivity contribution in [3.05, 3.63) is 38.8 Å². The molecule has 7 nitrogen and oxygen atoms in total. The maximum Gasteiger partial charge on any atom is 0.331 e. The van der Waals surface area contributed by atoms with Gasteiger partial charge in [-0.25, -0.2) is 9.18 Å². The van der Waals surface area contributed by atoms with E-state index in [9.17, 15) is 14.4 Å². The number of rotatable bonds is 9. The van der Waals surface area contributed by atoms with E-state index in [1.54, 1.807) is 17.6 Å². The molecule has 0 amide bonds. The fourth-order valence-corrected chi connectivity index (χ4v) is 5.72. The highest BCUT2D eigenvalue weighted by Crippen LogP contribution is 2.32. The number of hydrogen-bond acceptors (Lipinski definition) is 5. The Morgan fingerprint density at radius 2 is 1.77 bits per heavy atom. The second-order valence-electron chi connectivity index (χ2n) is 10.0. The minimum atomic E-state index is -0.499. The first-order valence-electron chi connectivity index (χ1n) is 13.4. The Morgan fingerprint density at radius 1 is 1.09 bits per heavy atom. The Hall–Kier alpha value is -2.64. The van der Waals surface area contributed by atoms with Gasteiger partial charge in [-0.2, -0.15) is 0 Å². The second-order valence-corrected chi connectivity index (χ2v) is 10.0. The lowest BCUT2D eigenvalue weighted by molar-refractivity contribution is -0.148. The van der Waals surface area contributed by atoms with E-state index < -0.39 is 17.3 Å². The van der Waals surface area contributed by atoms with Crippen molar-refractivity contribution in [1.82, 2.24) is 9.13 Å². The highest BCUT2D eigenvalue weighted by Gasteiger charge is 2.26. The van der Waals surface area contributed by atoms with Crippen LogP contribution in [0.2, 0.25) is 0 Å². The van der Waals surface area contributed by atoms with E-state index in [1.165, 1.54) is 17.1 Å². The standard InChI is InChI=1S/C27H38FN3O4/c1-3-18(26(33)35-4-2)14-15-30-25(32)21-16-22(28)23(29-19-10-6-5-7-11-19)17-24(21)31(27(30)34)20-12-8-9-13-20/h16-20,29H,3-15H2,1-2H3. The molecule has 1 unspecified atom stereocenters. The molecule has 0 spiro atoms. The summed E-state index contributed by atoms with van der Waals surface area (Å²) in [5.74, 6) is -1.18. The maximum atomic E-state index is 15.2. The molecule has 8 heteroatoms. The van der Waals surface area contributed by atoms with E-state index in [-0.39, 0.29) is 42.3 Å². The number of nitrogens with zero attached hydrogens (tertiary/aromatic N) is 2. The van der Waals surface area contributed by atoms with E-state index in [2.05, 4.69) is 5.32 Å². The molecule has 2 aliphatic carbocycles. The van der Waals surface area contributed by atoms with Crippen LogP contribution in [0.5, 0.6) is 0 Å². The van der Waals surface area contributed by atoms with Gasteiger partial charge >= 0.3 is 11.7 Å². The van der Waals surface area contributed by atoms with Crippen LogP contribution in [-0.2, 0) is 16.1 Å². The van der Waals surface area contributed by atoms with Crippen LogP contribution >= 0.6 is 0 Å². The zero-order valence-electron chi connectivity index (χ0n) is 21.0. The van der Waals surface area contributed by atoms with Gasteiger partial charge in [0, 0.05) is 18.6 Å². The zero-order valence-corrected chi connectivity index (χ0v) is 21.0. The van der Waals surface area contributed by atoms with E-state index in [1.807, 2.05) is 6.92 Å². The monoisotopic (exact) mass is 487 g/mol. The smallest absolute Gasteiger partial charge is 0.331 e.